The molecular weight excluding hydrogens is 214 g/mol. The fraction of sp³-hybridized carbons (Fsp3) is 0.846. The van der Waals surface area contributed by atoms with Crippen molar-refractivity contribution in [1.82, 2.24) is 9.80 Å². The zero-order valence-electron chi connectivity index (χ0n) is 11.2. The van der Waals surface area contributed by atoms with E-state index in [0.29, 0.717) is 6.54 Å². The second-order valence-corrected chi connectivity index (χ2v) is 5.01. The topological polar surface area (TPSA) is 47.3 Å². The second-order valence-electron chi connectivity index (χ2n) is 5.01. The largest absolute Gasteiger partial charge is 0.342 e. The van der Waals surface area contributed by atoms with Gasteiger partial charge in [0.05, 0.1) is 18.0 Å². The Balaban J connectivity index is 2.41. The van der Waals surface area contributed by atoms with Crippen LogP contribution in [0.4, 0.5) is 0 Å². The minimum absolute atomic E-state index is 0.186. The molecule has 0 aromatic heterocycles. The third-order valence-electron chi connectivity index (χ3n) is 3.70. The molecule has 1 fully saturated rings. The summed E-state index contributed by atoms with van der Waals surface area (Å²) in [6.07, 6.45) is 1.74. The number of carbonyl (C=O) groups is 1. The summed E-state index contributed by atoms with van der Waals surface area (Å²) in [6, 6.07) is 2.38. The summed E-state index contributed by atoms with van der Waals surface area (Å²) in [5.41, 5.74) is -0.186. The van der Waals surface area contributed by atoms with E-state index in [2.05, 4.69) is 11.0 Å². The van der Waals surface area contributed by atoms with Gasteiger partial charge in [0.1, 0.15) is 0 Å². The SMILES string of the molecule is CCN(CC)C(=O)CN1CCC(C)(C#N)CC1. The first-order valence-corrected chi connectivity index (χ1v) is 6.46. The van der Waals surface area contributed by atoms with Crippen LogP contribution in [0, 0.1) is 16.7 Å². The van der Waals surface area contributed by atoms with E-state index in [1.807, 2.05) is 25.7 Å². The molecule has 0 aromatic carbocycles. The normalized spacial score (nSPS) is 19.6. The maximum atomic E-state index is 11.9. The van der Waals surface area contributed by atoms with E-state index in [0.717, 1.165) is 39.0 Å². The van der Waals surface area contributed by atoms with Gasteiger partial charge in [-0.1, -0.05) is 0 Å². The highest BCUT2D eigenvalue weighted by Crippen LogP contribution is 2.29. The van der Waals surface area contributed by atoms with Gasteiger partial charge < -0.3 is 4.90 Å². The molecule has 0 bridgehead atoms. The molecule has 1 saturated heterocycles. The van der Waals surface area contributed by atoms with Crippen molar-refractivity contribution < 1.29 is 4.79 Å². The lowest BCUT2D eigenvalue weighted by Gasteiger charge is -2.35. The number of amides is 1. The average Bonchev–Trinajstić information content (AvgIpc) is 2.34. The Morgan fingerprint density at radius 1 is 1.35 bits per heavy atom. The van der Waals surface area contributed by atoms with E-state index in [-0.39, 0.29) is 11.3 Å². The second kappa shape index (κ2) is 6.02. The van der Waals surface area contributed by atoms with E-state index in [1.165, 1.54) is 0 Å². The number of piperidine rings is 1. The smallest absolute Gasteiger partial charge is 0.236 e. The predicted molar refractivity (Wildman–Crippen MR) is 67.3 cm³/mol. The maximum absolute atomic E-state index is 11.9. The number of nitrogens with zero attached hydrogens (tertiary/aromatic N) is 3. The summed E-state index contributed by atoms with van der Waals surface area (Å²) >= 11 is 0. The highest BCUT2D eigenvalue weighted by atomic mass is 16.2. The molecule has 17 heavy (non-hydrogen) atoms. The maximum Gasteiger partial charge on any atom is 0.236 e. The number of hydrogen-bond acceptors (Lipinski definition) is 3. The van der Waals surface area contributed by atoms with E-state index in [9.17, 15) is 4.79 Å². The van der Waals surface area contributed by atoms with Gasteiger partial charge in [-0.25, -0.2) is 0 Å². The zero-order valence-corrected chi connectivity index (χ0v) is 11.2. The van der Waals surface area contributed by atoms with Crippen LogP contribution in [-0.2, 0) is 4.79 Å². The van der Waals surface area contributed by atoms with Crippen LogP contribution in [0.15, 0.2) is 0 Å². The van der Waals surface area contributed by atoms with Crippen LogP contribution in [0.1, 0.15) is 33.6 Å². The van der Waals surface area contributed by atoms with Gasteiger partial charge in [0.15, 0.2) is 0 Å². The lowest BCUT2D eigenvalue weighted by Crippen LogP contribution is -2.45. The monoisotopic (exact) mass is 237 g/mol. The molecule has 1 heterocycles. The van der Waals surface area contributed by atoms with Crippen LogP contribution in [0.3, 0.4) is 0 Å². The van der Waals surface area contributed by atoms with E-state index < -0.39 is 0 Å². The molecule has 96 valence electrons. The van der Waals surface area contributed by atoms with E-state index >= 15 is 0 Å². The molecule has 0 aliphatic carbocycles. The van der Waals surface area contributed by atoms with E-state index in [1.54, 1.807) is 0 Å². The fourth-order valence-corrected chi connectivity index (χ4v) is 2.18. The number of nitriles is 1. The minimum atomic E-state index is -0.186. The average molecular weight is 237 g/mol. The van der Waals surface area contributed by atoms with Crippen LogP contribution >= 0.6 is 0 Å². The van der Waals surface area contributed by atoms with Crippen LogP contribution in [-0.4, -0.2) is 48.4 Å². The van der Waals surface area contributed by atoms with Crippen molar-refractivity contribution in [1.29, 1.82) is 5.26 Å². The molecule has 4 nitrogen and oxygen atoms in total. The first kappa shape index (κ1) is 14.0. The van der Waals surface area contributed by atoms with Gasteiger partial charge in [0.2, 0.25) is 5.91 Å². The lowest BCUT2D eigenvalue weighted by atomic mass is 9.82. The van der Waals surface area contributed by atoms with Gasteiger partial charge in [-0.3, -0.25) is 9.69 Å². The molecule has 0 aromatic rings. The van der Waals surface area contributed by atoms with Gasteiger partial charge in [-0.2, -0.15) is 5.26 Å². The van der Waals surface area contributed by atoms with Gasteiger partial charge in [0, 0.05) is 26.2 Å². The summed E-state index contributed by atoms with van der Waals surface area (Å²) in [4.78, 5) is 15.9. The summed E-state index contributed by atoms with van der Waals surface area (Å²) in [6.45, 7) is 9.79. The van der Waals surface area contributed by atoms with Gasteiger partial charge >= 0.3 is 0 Å². The van der Waals surface area contributed by atoms with E-state index in [4.69, 9.17) is 5.26 Å². The molecule has 1 aliphatic rings. The van der Waals surface area contributed by atoms with Crippen molar-refractivity contribution in [2.24, 2.45) is 5.41 Å². The van der Waals surface area contributed by atoms with Crippen molar-refractivity contribution in [3.63, 3.8) is 0 Å². The quantitative estimate of drug-likeness (QED) is 0.744. The van der Waals surface area contributed by atoms with Crippen molar-refractivity contribution in [2.75, 3.05) is 32.7 Å². The van der Waals surface area contributed by atoms with Crippen LogP contribution in [0.5, 0.6) is 0 Å². The zero-order chi connectivity index (χ0) is 12.9. The summed E-state index contributed by atoms with van der Waals surface area (Å²) < 4.78 is 0. The Kier molecular flexibility index (Phi) is 4.95. The van der Waals surface area contributed by atoms with Gasteiger partial charge in [0.25, 0.3) is 0 Å². The number of carbonyl (C=O) groups excluding carboxylic acids is 1. The van der Waals surface area contributed by atoms with Crippen molar-refractivity contribution >= 4 is 5.91 Å². The highest BCUT2D eigenvalue weighted by molar-refractivity contribution is 5.78. The molecular formula is C13H23N3O. The molecule has 1 aliphatic heterocycles. The Hall–Kier alpha value is -1.08. The summed E-state index contributed by atoms with van der Waals surface area (Å²) in [5, 5.41) is 9.04. The lowest BCUT2D eigenvalue weighted by molar-refractivity contribution is -0.132. The van der Waals surface area contributed by atoms with Gasteiger partial charge in [-0.15, -0.1) is 0 Å². The van der Waals surface area contributed by atoms with Crippen LogP contribution in [0.2, 0.25) is 0 Å². The number of likely N-dealkylation sites (tertiary alicyclic amines) is 1. The highest BCUT2D eigenvalue weighted by Gasteiger charge is 2.30. The Morgan fingerprint density at radius 3 is 2.29 bits per heavy atom. The third kappa shape index (κ3) is 3.71. The molecule has 0 atom stereocenters. The summed E-state index contributed by atoms with van der Waals surface area (Å²) in [7, 11) is 0. The third-order valence-corrected chi connectivity index (χ3v) is 3.70. The molecule has 0 N–H and O–H groups in total. The van der Waals surface area contributed by atoms with Gasteiger partial charge in [-0.05, 0) is 33.6 Å². The summed E-state index contributed by atoms with van der Waals surface area (Å²) in [5.74, 6) is 0.204. The Labute approximate surface area is 104 Å². The number of likely N-dealkylation sites (N-methyl/N-ethyl adjacent to an activating group) is 1. The molecule has 4 heteroatoms. The predicted octanol–water partition coefficient (Wildman–Crippen LogP) is 1.48. The number of hydrogen-bond donors (Lipinski definition) is 0. The molecule has 0 spiro atoms. The molecule has 1 amide bonds. The van der Waals surface area contributed by atoms with Crippen molar-refractivity contribution in [2.45, 2.75) is 33.6 Å². The van der Waals surface area contributed by atoms with Crippen LogP contribution in [0.25, 0.3) is 0 Å². The minimum Gasteiger partial charge on any atom is -0.342 e. The van der Waals surface area contributed by atoms with Crippen molar-refractivity contribution in [3.8, 4) is 6.07 Å². The molecule has 0 radical (unpaired) electrons. The Morgan fingerprint density at radius 2 is 1.88 bits per heavy atom. The number of rotatable bonds is 4. The Bertz CT molecular complexity index is 296. The molecule has 0 unspecified atom stereocenters. The first-order valence-electron chi connectivity index (χ1n) is 6.46. The fourth-order valence-electron chi connectivity index (χ4n) is 2.18. The van der Waals surface area contributed by atoms with Crippen molar-refractivity contribution in [3.05, 3.63) is 0 Å². The molecule has 1 rings (SSSR count). The molecule has 0 saturated carbocycles. The standard InChI is InChI=1S/C13H23N3O/c1-4-16(5-2)12(17)10-15-8-6-13(3,11-14)7-9-15/h4-10H2,1-3H3. The first-order chi connectivity index (χ1) is 8.04. The van der Waals surface area contributed by atoms with Crippen LogP contribution < -0.4 is 0 Å².